The Balaban J connectivity index is 2.05. The molecule has 1 aromatic rings. The largest absolute Gasteiger partial charge is 0.345 e. The topological polar surface area (TPSA) is 71.3 Å². The Labute approximate surface area is 118 Å². The van der Waals surface area contributed by atoms with Gasteiger partial charge in [-0.25, -0.2) is 4.98 Å². The number of nitrogens with zero attached hydrogens (tertiary/aromatic N) is 3. The minimum atomic E-state index is -0.329. The Hall–Kier alpha value is -1.69. The first kappa shape index (κ1) is 13.3. The molecule has 0 amide bonds. The Bertz CT molecular complexity index is 558. The summed E-state index contributed by atoms with van der Waals surface area (Å²) in [6, 6.07) is 3.27. The summed E-state index contributed by atoms with van der Waals surface area (Å²) in [7, 11) is 0. The SMILES string of the molecule is Cc1ccc([N+](=O)[O-])c(N2CC3CNCC3C2(C)C)n1. The highest BCUT2D eigenvalue weighted by atomic mass is 16.6. The average Bonchev–Trinajstić information content (AvgIpc) is 2.91. The molecule has 2 saturated heterocycles. The third-order valence-electron chi connectivity index (χ3n) is 4.81. The first-order chi connectivity index (χ1) is 9.41. The predicted octanol–water partition coefficient (Wildman–Crippen LogP) is 1.73. The van der Waals surface area contributed by atoms with Crippen LogP contribution in [0.4, 0.5) is 11.5 Å². The van der Waals surface area contributed by atoms with E-state index in [4.69, 9.17) is 0 Å². The maximum Gasteiger partial charge on any atom is 0.311 e. The van der Waals surface area contributed by atoms with Crippen molar-refractivity contribution in [1.82, 2.24) is 10.3 Å². The molecule has 0 spiro atoms. The van der Waals surface area contributed by atoms with Crippen LogP contribution in [-0.4, -0.2) is 35.1 Å². The molecule has 6 nitrogen and oxygen atoms in total. The van der Waals surface area contributed by atoms with Gasteiger partial charge >= 0.3 is 5.69 Å². The van der Waals surface area contributed by atoms with Crippen LogP contribution in [0.5, 0.6) is 0 Å². The van der Waals surface area contributed by atoms with Crippen LogP contribution in [0, 0.1) is 28.9 Å². The fourth-order valence-corrected chi connectivity index (χ4v) is 3.66. The highest BCUT2D eigenvalue weighted by Gasteiger charge is 2.51. The van der Waals surface area contributed by atoms with E-state index in [1.54, 1.807) is 12.1 Å². The molecule has 0 aromatic carbocycles. The Morgan fingerprint density at radius 3 is 2.85 bits per heavy atom. The van der Waals surface area contributed by atoms with Gasteiger partial charge in [0.1, 0.15) is 0 Å². The maximum atomic E-state index is 11.3. The number of hydrogen-bond donors (Lipinski definition) is 1. The molecule has 2 unspecified atom stereocenters. The van der Waals surface area contributed by atoms with Gasteiger partial charge in [-0.2, -0.15) is 0 Å². The van der Waals surface area contributed by atoms with E-state index in [1.807, 2.05) is 6.92 Å². The van der Waals surface area contributed by atoms with Gasteiger partial charge in [-0.3, -0.25) is 10.1 Å². The summed E-state index contributed by atoms with van der Waals surface area (Å²) in [5.41, 5.74) is 0.813. The maximum absolute atomic E-state index is 11.3. The van der Waals surface area contributed by atoms with Crippen molar-refractivity contribution in [2.24, 2.45) is 11.8 Å². The number of aromatic nitrogens is 1. The van der Waals surface area contributed by atoms with Gasteiger partial charge < -0.3 is 10.2 Å². The smallest absolute Gasteiger partial charge is 0.311 e. The van der Waals surface area contributed by atoms with Crippen LogP contribution in [-0.2, 0) is 0 Å². The normalized spacial score (nSPS) is 27.6. The molecule has 2 aliphatic heterocycles. The van der Waals surface area contributed by atoms with Crippen LogP contribution in [0.15, 0.2) is 12.1 Å². The quantitative estimate of drug-likeness (QED) is 0.658. The highest BCUT2D eigenvalue weighted by Crippen LogP contribution is 2.44. The second-order valence-electron chi connectivity index (χ2n) is 6.34. The molecule has 3 heterocycles. The molecule has 0 saturated carbocycles. The second-order valence-corrected chi connectivity index (χ2v) is 6.34. The summed E-state index contributed by atoms with van der Waals surface area (Å²) in [5.74, 6) is 1.59. The van der Waals surface area contributed by atoms with Crippen molar-refractivity contribution in [1.29, 1.82) is 0 Å². The number of nitrogens with one attached hydrogen (secondary N) is 1. The van der Waals surface area contributed by atoms with Gasteiger partial charge in [0.25, 0.3) is 0 Å². The van der Waals surface area contributed by atoms with Crippen LogP contribution in [0.1, 0.15) is 19.5 Å². The van der Waals surface area contributed by atoms with E-state index in [-0.39, 0.29) is 16.1 Å². The third-order valence-corrected chi connectivity index (χ3v) is 4.81. The van der Waals surface area contributed by atoms with Crippen LogP contribution in [0.25, 0.3) is 0 Å². The number of nitro groups is 1. The third kappa shape index (κ3) is 1.86. The predicted molar refractivity (Wildman–Crippen MR) is 76.9 cm³/mol. The molecule has 3 rings (SSSR count). The lowest BCUT2D eigenvalue weighted by Gasteiger charge is -2.36. The minimum Gasteiger partial charge on any atom is -0.345 e. The summed E-state index contributed by atoms with van der Waals surface area (Å²) in [4.78, 5) is 17.5. The van der Waals surface area contributed by atoms with E-state index >= 15 is 0 Å². The van der Waals surface area contributed by atoms with Gasteiger partial charge in [0, 0.05) is 36.9 Å². The second kappa shape index (κ2) is 4.41. The Kier molecular flexibility index (Phi) is 2.93. The molecule has 2 aliphatic rings. The number of anilines is 1. The fourth-order valence-electron chi connectivity index (χ4n) is 3.66. The fraction of sp³-hybridized carbons (Fsp3) is 0.643. The van der Waals surface area contributed by atoms with Crippen LogP contribution < -0.4 is 10.2 Å². The van der Waals surface area contributed by atoms with Crippen LogP contribution in [0.2, 0.25) is 0 Å². The van der Waals surface area contributed by atoms with Crippen LogP contribution >= 0.6 is 0 Å². The summed E-state index contributed by atoms with van der Waals surface area (Å²) < 4.78 is 0. The molecule has 108 valence electrons. The molecule has 1 aromatic heterocycles. The van der Waals surface area contributed by atoms with E-state index in [9.17, 15) is 10.1 Å². The zero-order chi connectivity index (χ0) is 14.5. The Morgan fingerprint density at radius 2 is 2.20 bits per heavy atom. The molecule has 2 fully saturated rings. The number of aryl methyl sites for hydroxylation is 1. The van der Waals surface area contributed by atoms with Gasteiger partial charge in [-0.1, -0.05) is 0 Å². The summed E-state index contributed by atoms with van der Waals surface area (Å²) >= 11 is 0. The van der Waals surface area contributed by atoms with Gasteiger partial charge in [-0.15, -0.1) is 0 Å². The van der Waals surface area contributed by atoms with Crippen molar-refractivity contribution >= 4 is 11.5 Å². The molecular formula is C14H20N4O2. The summed E-state index contributed by atoms with van der Waals surface area (Å²) in [6.07, 6.45) is 0. The zero-order valence-corrected chi connectivity index (χ0v) is 12.1. The lowest BCUT2D eigenvalue weighted by Crippen LogP contribution is -2.45. The zero-order valence-electron chi connectivity index (χ0n) is 12.1. The number of pyridine rings is 1. The standard InChI is InChI=1S/C14H20N4O2/c1-9-4-5-12(18(19)20)13(16-9)17-8-10-6-15-7-11(10)14(17,2)3/h4-5,10-11,15H,6-8H2,1-3H3. The van der Waals surface area contributed by atoms with Gasteiger partial charge in [0.05, 0.1) is 4.92 Å². The average molecular weight is 276 g/mol. The van der Waals surface area contributed by atoms with Crippen molar-refractivity contribution in [3.05, 3.63) is 27.9 Å². The molecule has 1 N–H and O–H groups in total. The van der Waals surface area contributed by atoms with Crippen LogP contribution in [0.3, 0.4) is 0 Å². The number of rotatable bonds is 2. The number of fused-ring (bicyclic) bond motifs is 1. The molecular weight excluding hydrogens is 256 g/mol. The molecule has 6 heteroatoms. The first-order valence-corrected chi connectivity index (χ1v) is 7.01. The number of hydrogen-bond acceptors (Lipinski definition) is 5. The molecule has 20 heavy (non-hydrogen) atoms. The highest BCUT2D eigenvalue weighted by molar-refractivity contribution is 5.61. The molecule has 2 atom stereocenters. The van der Waals surface area contributed by atoms with E-state index < -0.39 is 0 Å². The molecule has 0 bridgehead atoms. The van der Waals surface area contributed by atoms with Crippen molar-refractivity contribution < 1.29 is 4.92 Å². The minimum absolute atomic E-state index is 0.108. The van der Waals surface area contributed by atoms with E-state index in [0.29, 0.717) is 17.7 Å². The van der Waals surface area contributed by atoms with Crippen molar-refractivity contribution in [3.8, 4) is 0 Å². The molecule has 0 radical (unpaired) electrons. The van der Waals surface area contributed by atoms with Gasteiger partial charge in [0.15, 0.2) is 0 Å². The van der Waals surface area contributed by atoms with Crippen molar-refractivity contribution in [2.45, 2.75) is 26.3 Å². The monoisotopic (exact) mass is 276 g/mol. The lowest BCUT2D eigenvalue weighted by atomic mass is 9.85. The summed E-state index contributed by atoms with van der Waals surface area (Å²) in [5, 5.41) is 14.7. The van der Waals surface area contributed by atoms with Gasteiger partial charge in [-0.05, 0) is 38.7 Å². The van der Waals surface area contributed by atoms with Gasteiger partial charge in [0.2, 0.25) is 5.82 Å². The van der Waals surface area contributed by atoms with E-state index in [1.165, 1.54) is 0 Å². The van der Waals surface area contributed by atoms with Crippen molar-refractivity contribution in [2.75, 3.05) is 24.5 Å². The van der Waals surface area contributed by atoms with Crippen molar-refractivity contribution in [3.63, 3.8) is 0 Å². The summed E-state index contributed by atoms with van der Waals surface area (Å²) in [6.45, 7) is 9.01. The molecule has 0 aliphatic carbocycles. The van der Waals surface area contributed by atoms with E-state index in [0.717, 1.165) is 25.3 Å². The first-order valence-electron chi connectivity index (χ1n) is 7.01. The lowest BCUT2D eigenvalue weighted by molar-refractivity contribution is -0.384. The Morgan fingerprint density at radius 1 is 1.45 bits per heavy atom. The van der Waals surface area contributed by atoms with E-state index in [2.05, 4.69) is 29.0 Å².